The predicted octanol–water partition coefficient (Wildman–Crippen LogP) is 3.11. The maximum atomic E-state index is 9.04. The molecule has 1 saturated carbocycles. The van der Waals surface area contributed by atoms with E-state index in [1.807, 2.05) is 0 Å². The highest BCUT2D eigenvalue weighted by molar-refractivity contribution is 5.55. The molecule has 0 aromatic heterocycles. The van der Waals surface area contributed by atoms with Crippen LogP contribution in [-0.4, -0.2) is 31.3 Å². The number of hydrogen-bond donors (Lipinski definition) is 2. The molecule has 0 amide bonds. The van der Waals surface area contributed by atoms with Crippen molar-refractivity contribution in [3.05, 3.63) is 24.3 Å². The fourth-order valence-corrected chi connectivity index (χ4v) is 2.86. The molecule has 0 spiro atoms. The van der Waals surface area contributed by atoms with Crippen molar-refractivity contribution in [3.63, 3.8) is 0 Å². The molecule has 0 aliphatic heterocycles. The lowest BCUT2D eigenvalue weighted by atomic mass is 10.1. The molecule has 1 aliphatic rings. The van der Waals surface area contributed by atoms with Crippen molar-refractivity contribution in [1.29, 1.82) is 0 Å². The third-order valence-corrected chi connectivity index (χ3v) is 4.05. The van der Waals surface area contributed by atoms with Gasteiger partial charge in [0.1, 0.15) is 0 Å². The Balaban J connectivity index is 1.86. The van der Waals surface area contributed by atoms with Gasteiger partial charge in [-0.2, -0.15) is 0 Å². The minimum absolute atomic E-state index is 0.204. The highest BCUT2D eigenvalue weighted by atomic mass is 16.3. The summed E-state index contributed by atoms with van der Waals surface area (Å²) in [7, 11) is 0. The number of aliphatic hydroxyl groups excluding tert-OH is 1. The van der Waals surface area contributed by atoms with Gasteiger partial charge in [0.05, 0.1) is 6.61 Å². The second kappa shape index (κ2) is 7.39. The molecule has 1 fully saturated rings. The van der Waals surface area contributed by atoms with Crippen LogP contribution in [-0.2, 0) is 0 Å². The van der Waals surface area contributed by atoms with Crippen molar-refractivity contribution in [1.82, 2.24) is 0 Å². The van der Waals surface area contributed by atoms with Gasteiger partial charge < -0.3 is 15.3 Å². The molecule has 0 radical (unpaired) electrons. The Morgan fingerprint density at radius 1 is 1.21 bits per heavy atom. The summed E-state index contributed by atoms with van der Waals surface area (Å²) in [6, 6.07) is 8.56. The highest BCUT2D eigenvalue weighted by Crippen LogP contribution is 2.25. The number of hydrogen-bond acceptors (Lipinski definition) is 3. The van der Waals surface area contributed by atoms with Gasteiger partial charge in [-0.05, 0) is 49.9 Å². The van der Waals surface area contributed by atoms with Gasteiger partial charge in [-0.3, -0.25) is 0 Å². The number of rotatable bonds is 7. The van der Waals surface area contributed by atoms with Gasteiger partial charge in [0, 0.05) is 31.0 Å². The molecule has 106 valence electrons. The highest BCUT2D eigenvalue weighted by Gasteiger charge is 2.14. The zero-order valence-electron chi connectivity index (χ0n) is 11.9. The third-order valence-electron chi connectivity index (χ3n) is 4.05. The SMILES string of the molecule is CCN(CCO)c1ccc(NCC2CCCC2)cc1. The molecular weight excluding hydrogens is 236 g/mol. The second-order valence-electron chi connectivity index (χ2n) is 5.38. The molecule has 19 heavy (non-hydrogen) atoms. The Morgan fingerprint density at radius 2 is 1.89 bits per heavy atom. The normalized spacial score (nSPS) is 15.7. The lowest BCUT2D eigenvalue weighted by molar-refractivity contribution is 0.302. The van der Waals surface area contributed by atoms with E-state index >= 15 is 0 Å². The van der Waals surface area contributed by atoms with E-state index in [1.165, 1.54) is 37.1 Å². The summed E-state index contributed by atoms with van der Waals surface area (Å²) in [6.45, 7) is 5.05. The van der Waals surface area contributed by atoms with E-state index in [2.05, 4.69) is 41.4 Å². The summed E-state index contributed by atoms with van der Waals surface area (Å²) in [5, 5.41) is 12.6. The topological polar surface area (TPSA) is 35.5 Å². The minimum atomic E-state index is 0.204. The Morgan fingerprint density at radius 3 is 2.47 bits per heavy atom. The van der Waals surface area contributed by atoms with Crippen molar-refractivity contribution in [2.24, 2.45) is 5.92 Å². The lowest BCUT2D eigenvalue weighted by Gasteiger charge is -2.22. The van der Waals surface area contributed by atoms with Gasteiger partial charge in [-0.15, -0.1) is 0 Å². The summed E-state index contributed by atoms with van der Waals surface area (Å²) in [4.78, 5) is 2.18. The minimum Gasteiger partial charge on any atom is -0.395 e. The summed E-state index contributed by atoms with van der Waals surface area (Å²) in [6.07, 6.45) is 5.56. The molecule has 1 aliphatic carbocycles. The zero-order chi connectivity index (χ0) is 13.5. The van der Waals surface area contributed by atoms with E-state index < -0.39 is 0 Å². The van der Waals surface area contributed by atoms with E-state index in [0.717, 1.165) is 19.0 Å². The molecule has 0 saturated heterocycles. The first-order valence-corrected chi connectivity index (χ1v) is 7.53. The monoisotopic (exact) mass is 262 g/mol. The van der Waals surface area contributed by atoms with Crippen LogP contribution in [0.5, 0.6) is 0 Å². The molecule has 0 atom stereocenters. The number of likely N-dealkylation sites (N-methyl/N-ethyl adjacent to an activating group) is 1. The van der Waals surface area contributed by atoms with E-state index in [1.54, 1.807) is 0 Å². The average Bonchev–Trinajstić information content (AvgIpc) is 2.96. The first-order chi connectivity index (χ1) is 9.33. The zero-order valence-corrected chi connectivity index (χ0v) is 11.9. The van der Waals surface area contributed by atoms with E-state index in [9.17, 15) is 0 Å². The Labute approximate surface area is 116 Å². The number of anilines is 2. The number of nitrogens with one attached hydrogen (secondary N) is 1. The summed E-state index contributed by atoms with van der Waals surface area (Å²) in [5.74, 6) is 0.862. The van der Waals surface area contributed by atoms with Gasteiger partial charge in [0.25, 0.3) is 0 Å². The summed E-state index contributed by atoms with van der Waals surface area (Å²) >= 11 is 0. The Bertz CT molecular complexity index is 358. The Kier molecular flexibility index (Phi) is 5.52. The van der Waals surface area contributed by atoms with Gasteiger partial charge in [-0.1, -0.05) is 12.8 Å². The lowest BCUT2D eigenvalue weighted by Crippen LogP contribution is -2.26. The van der Waals surface area contributed by atoms with Crippen LogP contribution in [0.15, 0.2) is 24.3 Å². The molecule has 3 nitrogen and oxygen atoms in total. The number of aliphatic hydroxyl groups is 1. The molecular formula is C16H26N2O. The first kappa shape index (κ1) is 14.2. The van der Waals surface area contributed by atoms with Crippen molar-refractivity contribution in [3.8, 4) is 0 Å². The molecule has 0 heterocycles. The second-order valence-corrected chi connectivity index (χ2v) is 5.38. The van der Waals surface area contributed by atoms with E-state index in [0.29, 0.717) is 6.54 Å². The Hall–Kier alpha value is -1.22. The van der Waals surface area contributed by atoms with E-state index in [-0.39, 0.29) is 6.61 Å². The van der Waals surface area contributed by atoms with Crippen molar-refractivity contribution < 1.29 is 5.11 Å². The first-order valence-electron chi connectivity index (χ1n) is 7.53. The fraction of sp³-hybridized carbons (Fsp3) is 0.625. The van der Waals surface area contributed by atoms with Crippen molar-refractivity contribution in [2.75, 3.05) is 36.5 Å². The molecule has 0 unspecified atom stereocenters. The smallest absolute Gasteiger partial charge is 0.0606 e. The standard InChI is InChI=1S/C16H26N2O/c1-2-18(11-12-19)16-9-7-15(8-10-16)17-13-14-5-3-4-6-14/h7-10,14,17,19H,2-6,11-13H2,1H3. The molecule has 1 aromatic carbocycles. The summed E-state index contributed by atoms with van der Waals surface area (Å²) in [5.41, 5.74) is 2.39. The van der Waals surface area contributed by atoms with Gasteiger partial charge >= 0.3 is 0 Å². The molecule has 0 bridgehead atoms. The molecule has 2 N–H and O–H groups in total. The fourth-order valence-electron chi connectivity index (χ4n) is 2.86. The van der Waals surface area contributed by atoms with Gasteiger partial charge in [0.2, 0.25) is 0 Å². The quantitative estimate of drug-likeness (QED) is 0.792. The molecule has 1 aromatic rings. The predicted molar refractivity (Wildman–Crippen MR) is 81.9 cm³/mol. The number of benzene rings is 1. The van der Waals surface area contributed by atoms with Crippen LogP contribution < -0.4 is 10.2 Å². The van der Waals surface area contributed by atoms with E-state index in [4.69, 9.17) is 5.11 Å². The van der Waals surface area contributed by atoms with Crippen LogP contribution in [0, 0.1) is 5.92 Å². The van der Waals surface area contributed by atoms with Gasteiger partial charge in [0.15, 0.2) is 0 Å². The average molecular weight is 262 g/mol. The molecule has 3 heteroatoms. The van der Waals surface area contributed by atoms with Crippen molar-refractivity contribution in [2.45, 2.75) is 32.6 Å². The molecule has 2 rings (SSSR count). The third kappa shape index (κ3) is 4.13. The van der Waals surface area contributed by atoms with Crippen LogP contribution in [0.2, 0.25) is 0 Å². The van der Waals surface area contributed by atoms with Crippen LogP contribution in [0.3, 0.4) is 0 Å². The number of nitrogens with zero attached hydrogens (tertiary/aromatic N) is 1. The van der Waals surface area contributed by atoms with Crippen LogP contribution >= 0.6 is 0 Å². The van der Waals surface area contributed by atoms with Gasteiger partial charge in [-0.25, -0.2) is 0 Å². The van der Waals surface area contributed by atoms with Crippen LogP contribution in [0.25, 0.3) is 0 Å². The summed E-state index contributed by atoms with van der Waals surface area (Å²) < 4.78 is 0. The van der Waals surface area contributed by atoms with Crippen LogP contribution in [0.4, 0.5) is 11.4 Å². The maximum Gasteiger partial charge on any atom is 0.0606 e. The maximum absolute atomic E-state index is 9.04. The van der Waals surface area contributed by atoms with Crippen molar-refractivity contribution >= 4 is 11.4 Å². The largest absolute Gasteiger partial charge is 0.395 e. The van der Waals surface area contributed by atoms with Crippen LogP contribution in [0.1, 0.15) is 32.6 Å².